The maximum Gasteiger partial charge on any atom is 0.341 e. The van der Waals surface area contributed by atoms with Crippen LogP contribution in [-0.2, 0) is 25.2 Å². The van der Waals surface area contributed by atoms with Crippen LogP contribution in [0.5, 0.6) is 23.0 Å². The van der Waals surface area contributed by atoms with Crippen molar-refractivity contribution >= 4 is 11.9 Å². The molecule has 37 heavy (non-hydrogen) atoms. The molecular formula is C28H38O9. The number of hydrogen-bond donors (Lipinski definition) is 2. The van der Waals surface area contributed by atoms with Gasteiger partial charge in [0.05, 0.1) is 13.2 Å². The van der Waals surface area contributed by atoms with E-state index in [2.05, 4.69) is 41.5 Å². The maximum atomic E-state index is 10.9. The summed E-state index contributed by atoms with van der Waals surface area (Å²) in [5, 5.41) is 17.9. The molecule has 0 aliphatic carbocycles. The van der Waals surface area contributed by atoms with Crippen LogP contribution in [0.15, 0.2) is 36.4 Å². The molecule has 0 spiro atoms. The molecule has 2 N–H and O–H groups in total. The SMILES string of the molecule is CC(C)(C)c1ccc(OCCOCCOc2ccc(C(C)(C)C)cc2OCC(=O)O)c(OCC(=O)O)c1. The number of carboxylic acid groups (broad SMARTS) is 2. The molecule has 0 amide bonds. The van der Waals surface area contributed by atoms with Gasteiger partial charge in [0, 0.05) is 0 Å². The molecule has 2 aromatic rings. The van der Waals surface area contributed by atoms with Gasteiger partial charge in [-0.05, 0) is 46.2 Å². The third-order valence-electron chi connectivity index (χ3n) is 5.29. The van der Waals surface area contributed by atoms with Crippen LogP contribution in [0.1, 0.15) is 52.7 Å². The van der Waals surface area contributed by atoms with E-state index in [-0.39, 0.29) is 37.3 Å². The lowest BCUT2D eigenvalue weighted by atomic mass is 9.87. The molecule has 0 aliphatic heterocycles. The van der Waals surface area contributed by atoms with Crippen LogP contribution in [0, 0.1) is 0 Å². The quantitative estimate of drug-likeness (QED) is 0.343. The Bertz CT molecular complexity index is 965. The summed E-state index contributed by atoms with van der Waals surface area (Å²) in [6.07, 6.45) is 0. The average molecular weight is 519 g/mol. The van der Waals surface area contributed by atoms with Gasteiger partial charge >= 0.3 is 11.9 Å². The fourth-order valence-corrected chi connectivity index (χ4v) is 3.22. The van der Waals surface area contributed by atoms with Gasteiger partial charge in [0.2, 0.25) is 0 Å². The third-order valence-corrected chi connectivity index (χ3v) is 5.29. The number of hydrogen-bond acceptors (Lipinski definition) is 7. The first-order valence-electron chi connectivity index (χ1n) is 12.1. The highest BCUT2D eigenvalue weighted by Gasteiger charge is 2.19. The van der Waals surface area contributed by atoms with E-state index < -0.39 is 25.2 Å². The second-order valence-electron chi connectivity index (χ2n) is 10.5. The molecule has 204 valence electrons. The minimum atomic E-state index is -1.07. The molecule has 0 saturated heterocycles. The Morgan fingerprint density at radius 2 is 0.973 bits per heavy atom. The summed E-state index contributed by atoms with van der Waals surface area (Å²) in [6.45, 7) is 12.4. The number of rotatable bonds is 14. The van der Waals surface area contributed by atoms with Crippen molar-refractivity contribution in [2.75, 3.05) is 39.6 Å². The first kappa shape index (κ1) is 29.8. The molecule has 9 heteroatoms. The van der Waals surface area contributed by atoms with E-state index in [0.29, 0.717) is 23.0 Å². The molecule has 0 fully saturated rings. The summed E-state index contributed by atoms with van der Waals surface area (Å²) in [7, 11) is 0. The summed E-state index contributed by atoms with van der Waals surface area (Å²) < 4.78 is 28.0. The number of benzene rings is 2. The minimum Gasteiger partial charge on any atom is -0.487 e. The van der Waals surface area contributed by atoms with Gasteiger partial charge in [0.25, 0.3) is 0 Å². The van der Waals surface area contributed by atoms with Crippen LogP contribution in [-0.4, -0.2) is 61.8 Å². The molecule has 0 unspecified atom stereocenters. The molecule has 9 nitrogen and oxygen atoms in total. The fraction of sp³-hybridized carbons (Fsp3) is 0.500. The molecule has 2 rings (SSSR count). The van der Waals surface area contributed by atoms with Crippen LogP contribution in [0.2, 0.25) is 0 Å². The van der Waals surface area contributed by atoms with Crippen molar-refractivity contribution in [2.45, 2.75) is 52.4 Å². The molecule has 0 radical (unpaired) electrons. The molecule has 0 bridgehead atoms. The highest BCUT2D eigenvalue weighted by Crippen LogP contribution is 2.34. The monoisotopic (exact) mass is 518 g/mol. The normalized spacial score (nSPS) is 11.6. The van der Waals surface area contributed by atoms with Crippen LogP contribution in [0.25, 0.3) is 0 Å². The predicted octanol–water partition coefficient (Wildman–Crippen LogP) is 4.68. The highest BCUT2D eigenvalue weighted by molar-refractivity contribution is 5.69. The van der Waals surface area contributed by atoms with Gasteiger partial charge in [-0.1, -0.05) is 53.7 Å². The van der Waals surface area contributed by atoms with Gasteiger partial charge in [-0.3, -0.25) is 0 Å². The van der Waals surface area contributed by atoms with E-state index in [0.717, 1.165) is 11.1 Å². The smallest absolute Gasteiger partial charge is 0.341 e. The zero-order valence-electron chi connectivity index (χ0n) is 22.5. The van der Waals surface area contributed by atoms with E-state index in [4.69, 9.17) is 33.9 Å². The number of carboxylic acids is 2. The van der Waals surface area contributed by atoms with Crippen molar-refractivity contribution in [2.24, 2.45) is 0 Å². The van der Waals surface area contributed by atoms with E-state index >= 15 is 0 Å². The lowest BCUT2D eigenvalue weighted by molar-refractivity contribution is -0.140. The van der Waals surface area contributed by atoms with Gasteiger partial charge in [-0.2, -0.15) is 0 Å². The van der Waals surface area contributed by atoms with Crippen LogP contribution >= 0.6 is 0 Å². The Morgan fingerprint density at radius 1 is 0.595 bits per heavy atom. The van der Waals surface area contributed by atoms with Crippen molar-refractivity contribution < 1.29 is 43.5 Å². The van der Waals surface area contributed by atoms with Crippen LogP contribution < -0.4 is 18.9 Å². The van der Waals surface area contributed by atoms with Crippen LogP contribution in [0.4, 0.5) is 0 Å². The zero-order valence-corrected chi connectivity index (χ0v) is 22.5. The third kappa shape index (κ3) is 10.2. The highest BCUT2D eigenvalue weighted by atomic mass is 16.6. The standard InChI is InChI=1S/C28H38O9/c1-27(2,3)19-7-9-21(23(15-19)36-17-25(29)30)34-13-11-33-12-14-35-22-10-8-20(28(4,5)6)16-24(22)37-18-26(31)32/h7-10,15-16H,11-14,17-18H2,1-6H3,(H,29,30)(H,31,32). The van der Waals surface area contributed by atoms with Gasteiger partial charge in [-0.25, -0.2) is 9.59 Å². The zero-order chi connectivity index (χ0) is 27.6. The summed E-state index contributed by atoms with van der Waals surface area (Å²) in [5.41, 5.74) is 1.73. The first-order valence-corrected chi connectivity index (χ1v) is 12.1. The van der Waals surface area contributed by atoms with Crippen molar-refractivity contribution in [3.63, 3.8) is 0 Å². The summed E-state index contributed by atoms with van der Waals surface area (Å²) in [4.78, 5) is 21.9. The Morgan fingerprint density at radius 3 is 1.30 bits per heavy atom. The van der Waals surface area contributed by atoms with Gasteiger partial charge in [0.1, 0.15) is 13.2 Å². The van der Waals surface area contributed by atoms with E-state index in [1.165, 1.54) is 0 Å². The number of aliphatic carboxylic acids is 2. The molecule has 0 heterocycles. The van der Waals surface area contributed by atoms with Crippen LogP contribution in [0.3, 0.4) is 0 Å². The largest absolute Gasteiger partial charge is 0.487 e. The van der Waals surface area contributed by atoms with Crippen molar-refractivity contribution in [3.8, 4) is 23.0 Å². The van der Waals surface area contributed by atoms with Gasteiger partial charge < -0.3 is 33.9 Å². The van der Waals surface area contributed by atoms with Gasteiger partial charge in [-0.15, -0.1) is 0 Å². The van der Waals surface area contributed by atoms with E-state index in [9.17, 15) is 9.59 Å². The van der Waals surface area contributed by atoms with Gasteiger partial charge in [0.15, 0.2) is 36.2 Å². The second kappa shape index (κ2) is 13.2. The molecule has 2 aromatic carbocycles. The summed E-state index contributed by atoms with van der Waals surface area (Å²) in [5.74, 6) is -0.530. The topological polar surface area (TPSA) is 121 Å². The van der Waals surface area contributed by atoms with E-state index in [1.807, 2.05) is 12.1 Å². The second-order valence-corrected chi connectivity index (χ2v) is 10.5. The molecule has 0 atom stereocenters. The maximum absolute atomic E-state index is 10.9. The molecular weight excluding hydrogens is 480 g/mol. The van der Waals surface area contributed by atoms with Crippen molar-refractivity contribution in [1.82, 2.24) is 0 Å². The summed E-state index contributed by atoms with van der Waals surface area (Å²) in [6, 6.07) is 11.0. The molecule has 0 aromatic heterocycles. The fourth-order valence-electron chi connectivity index (χ4n) is 3.22. The van der Waals surface area contributed by atoms with E-state index in [1.54, 1.807) is 24.3 Å². The average Bonchev–Trinajstić information content (AvgIpc) is 2.80. The lowest BCUT2D eigenvalue weighted by Gasteiger charge is -2.21. The molecule has 0 aliphatic rings. The lowest BCUT2D eigenvalue weighted by Crippen LogP contribution is -2.16. The number of ether oxygens (including phenoxy) is 5. The minimum absolute atomic E-state index is 0.130. The first-order chi connectivity index (χ1) is 17.3. The van der Waals surface area contributed by atoms with Crippen molar-refractivity contribution in [3.05, 3.63) is 47.5 Å². The Labute approximate surface area is 218 Å². The summed E-state index contributed by atoms with van der Waals surface area (Å²) >= 11 is 0. The van der Waals surface area contributed by atoms with Crippen molar-refractivity contribution in [1.29, 1.82) is 0 Å². The Hall–Kier alpha value is -3.46. The molecule has 0 saturated carbocycles. The Balaban J connectivity index is 1.87. The number of carbonyl (C=O) groups is 2. The Kier molecular flexibility index (Phi) is 10.6. The predicted molar refractivity (Wildman–Crippen MR) is 138 cm³/mol.